The van der Waals surface area contributed by atoms with Crippen LogP contribution in [-0.4, -0.2) is 32.5 Å². The molecule has 0 saturated heterocycles. The number of carbonyl (C=O) groups excluding carboxylic acids is 1. The number of ether oxygens (including phenoxy) is 3. The molecule has 0 aliphatic carbocycles. The summed E-state index contributed by atoms with van der Waals surface area (Å²) in [6.07, 6.45) is -6.62. The van der Waals surface area contributed by atoms with Crippen molar-refractivity contribution in [3.63, 3.8) is 0 Å². The van der Waals surface area contributed by atoms with Crippen LogP contribution in [0.15, 0.2) is 18.2 Å². The summed E-state index contributed by atoms with van der Waals surface area (Å²) in [5, 5.41) is 0. The molecular formula is C12H13F3O4. The lowest BCUT2D eigenvalue weighted by Crippen LogP contribution is -2.31. The highest BCUT2D eigenvalue weighted by Crippen LogP contribution is 2.35. The molecule has 0 aliphatic rings. The minimum absolute atomic E-state index is 0.0269. The van der Waals surface area contributed by atoms with E-state index >= 15 is 0 Å². The Morgan fingerprint density at radius 3 is 2.37 bits per heavy atom. The normalized spacial score (nSPS) is 12.7. The van der Waals surface area contributed by atoms with Gasteiger partial charge in [-0.2, -0.15) is 13.2 Å². The van der Waals surface area contributed by atoms with Crippen molar-refractivity contribution >= 4 is 5.97 Å². The molecule has 0 fully saturated rings. The van der Waals surface area contributed by atoms with Gasteiger partial charge in [0, 0.05) is 0 Å². The van der Waals surface area contributed by atoms with Crippen molar-refractivity contribution in [3.05, 3.63) is 23.8 Å². The number of para-hydroxylation sites is 1. The molecule has 106 valence electrons. The van der Waals surface area contributed by atoms with Crippen LogP contribution in [-0.2, 0) is 4.74 Å². The maximum absolute atomic E-state index is 12.5. The Hall–Kier alpha value is -1.92. The fraction of sp³-hybridized carbons (Fsp3) is 0.417. The van der Waals surface area contributed by atoms with Crippen molar-refractivity contribution in [3.8, 4) is 11.5 Å². The first-order valence-electron chi connectivity index (χ1n) is 5.30. The van der Waals surface area contributed by atoms with Crippen molar-refractivity contribution in [1.82, 2.24) is 0 Å². The lowest BCUT2D eigenvalue weighted by molar-refractivity contribution is -0.189. The Morgan fingerprint density at radius 2 is 1.89 bits per heavy atom. The fourth-order valence-electron chi connectivity index (χ4n) is 1.31. The van der Waals surface area contributed by atoms with E-state index < -0.39 is 18.2 Å². The number of rotatable bonds is 4. The van der Waals surface area contributed by atoms with E-state index in [1.165, 1.54) is 25.3 Å². The van der Waals surface area contributed by atoms with Crippen molar-refractivity contribution in [1.29, 1.82) is 0 Å². The Balaban J connectivity index is 3.19. The summed E-state index contributed by atoms with van der Waals surface area (Å²) in [5.74, 6) is -1.07. The van der Waals surface area contributed by atoms with E-state index in [0.717, 1.165) is 14.0 Å². The zero-order chi connectivity index (χ0) is 14.6. The molecule has 0 radical (unpaired) electrons. The summed E-state index contributed by atoms with van der Waals surface area (Å²) in [5.41, 5.74) is -0.127. The van der Waals surface area contributed by atoms with Crippen LogP contribution in [0.5, 0.6) is 11.5 Å². The number of benzene rings is 1. The quantitative estimate of drug-likeness (QED) is 0.794. The lowest BCUT2D eigenvalue weighted by atomic mass is 10.2. The molecular weight excluding hydrogens is 265 g/mol. The summed E-state index contributed by atoms with van der Waals surface area (Å²) < 4.78 is 51.7. The molecule has 0 spiro atoms. The van der Waals surface area contributed by atoms with Gasteiger partial charge in [-0.1, -0.05) is 6.07 Å². The van der Waals surface area contributed by atoms with Gasteiger partial charge in [0.15, 0.2) is 17.6 Å². The molecule has 0 heterocycles. The van der Waals surface area contributed by atoms with E-state index in [2.05, 4.69) is 4.74 Å². The smallest absolute Gasteiger partial charge is 0.425 e. The van der Waals surface area contributed by atoms with Crippen molar-refractivity contribution < 1.29 is 32.2 Å². The Bertz CT molecular complexity index is 457. The fourth-order valence-corrected chi connectivity index (χ4v) is 1.31. The Morgan fingerprint density at radius 1 is 1.26 bits per heavy atom. The van der Waals surface area contributed by atoms with Crippen molar-refractivity contribution in [2.24, 2.45) is 0 Å². The van der Waals surface area contributed by atoms with Gasteiger partial charge in [0.25, 0.3) is 0 Å². The molecule has 1 unspecified atom stereocenters. The molecule has 1 rings (SSSR count). The molecule has 1 aromatic carbocycles. The minimum Gasteiger partial charge on any atom is -0.493 e. The molecule has 1 atom stereocenters. The molecule has 4 nitrogen and oxygen atoms in total. The SMILES string of the molecule is COC(=O)c1cccc(OC)c1OC(C)C(F)(F)F. The first kappa shape index (κ1) is 15.1. The van der Waals surface area contributed by atoms with Gasteiger partial charge in [-0.05, 0) is 19.1 Å². The van der Waals surface area contributed by atoms with Crippen LogP contribution in [0.25, 0.3) is 0 Å². The van der Waals surface area contributed by atoms with Crippen LogP contribution in [0.3, 0.4) is 0 Å². The number of halogens is 3. The van der Waals surface area contributed by atoms with Crippen molar-refractivity contribution in [2.45, 2.75) is 19.2 Å². The van der Waals surface area contributed by atoms with E-state index in [1.54, 1.807) is 0 Å². The third-order valence-corrected chi connectivity index (χ3v) is 2.36. The van der Waals surface area contributed by atoms with Gasteiger partial charge in [0.1, 0.15) is 5.56 Å². The number of hydrogen-bond acceptors (Lipinski definition) is 4. The molecule has 0 aromatic heterocycles. The van der Waals surface area contributed by atoms with Gasteiger partial charge in [0.05, 0.1) is 14.2 Å². The third kappa shape index (κ3) is 3.52. The highest BCUT2D eigenvalue weighted by molar-refractivity contribution is 5.93. The van der Waals surface area contributed by atoms with Gasteiger partial charge < -0.3 is 14.2 Å². The number of esters is 1. The van der Waals surface area contributed by atoms with Crippen molar-refractivity contribution in [2.75, 3.05) is 14.2 Å². The molecule has 0 bridgehead atoms. The van der Waals surface area contributed by atoms with E-state index in [0.29, 0.717) is 0 Å². The number of hydrogen-bond donors (Lipinski definition) is 0. The summed E-state index contributed by atoms with van der Waals surface area (Å²) in [7, 11) is 2.39. The second kappa shape index (κ2) is 5.81. The predicted octanol–water partition coefficient (Wildman–Crippen LogP) is 2.81. The zero-order valence-corrected chi connectivity index (χ0v) is 10.6. The first-order chi connectivity index (χ1) is 8.81. The number of alkyl halides is 3. The predicted molar refractivity (Wildman–Crippen MR) is 60.5 cm³/mol. The molecule has 0 aliphatic heterocycles. The maximum Gasteiger partial charge on any atom is 0.425 e. The standard InChI is InChI=1S/C12H13F3O4/c1-7(12(13,14)15)19-10-8(11(16)18-3)5-4-6-9(10)17-2/h4-7H,1-3H3. The van der Waals surface area contributed by atoms with Crippen LogP contribution in [0.2, 0.25) is 0 Å². The van der Waals surface area contributed by atoms with E-state index in [1.807, 2.05) is 0 Å². The number of methoxy groups -OCH3 is 2. The zero-order valence-electron chi connectivity index (χ0n) is 10.6. The highest BCUT2D eigenvalue weighted by Gasteiger charge is 2.39. The van der Waals surface area contributed by atoms with Crippen LogP contribution >= 0.6 is 0 Å². The first-order valence-corrected chi connectivity index (χ1v) is 5.30. The molecule has 0 amide bonds. The lowest BCUT2D eigenvalue weighted by Gasteiger charge is -2.20. The van der Waals surface area contributed by atoms with Gasteiger partial charge >= 0.3 is 12.1 Å². The highest BCUT2D eigenvalue weighted by atomic mass is 19.4. The largest absolute Gasteiger partial charge is 0.493 e. The third-order valence-electron chi connectivity index (χ3n) is 2.36. The average Bonchev–Trinajstić information content (AvgIpc) is 2.36. The van der Waals surface area contributed by atoms with Crippen LogP contribution in [0.4, 0.5) is 13.2 Å². The van der Waals surface area contributed by atoms with E-state index in [4.69, 9.17) is 9.47 Å². The number of carbonyl (C=O) groups is 1. The molecule has 0 saturated carbocycles. The van der Waals surface area contributed by atoms with Gasteiger partial charge in [-0.15, -0.1) is 0 Å². The van der Waals surface area contributed by atoms with Gasteiger partial charge in [-0.25, -0.2) is 4.79 Å². The second-order valence-electron chi connectivity index (χ2n) is 3.63. The summed E-state index contributed by atoms with van der Waals surface area (Å²) in [4.78, 5) is 11.5. The minimum atomic E-state index is -4.55. The second-order valence-corrected chi connectivity index (χ2v) is 3.63. The van der Waals surface area contributed by atoms with E-state index in [9.17, 15) is 18.0 Å². The Labute approximate surface area is 108 Å². The molecule has 7 heteroatoms. The van der Waals surface area contributed by atoms with Gasteiger partial charge in [0.2, 0.25) is 0 Å². The van der Waals surface area contributed by atoms with Crippen LogP contribution in [0.1, 0.15) is 17.3 Å². The monoisotopic (exact) mass is 278 g/mol. The summed E-state index contributed by atoms with van der Waals surface area (Å²) in [6, 6.07) is 4.15. The average molecular weight is 278 g/mol. The van der Waals surface area contributed by atoms with Gasteiger partial charge in [-0.3, -0.25) is 0 Å². The summed E-state index contributed by atoms with van der Waals surface area (Å²) in [6.45, 7) is 0.841. The molecule has 1 aromatic rings. The van der Waals surface area contributed by atoms with Crippen LogP contribution in [0, 0.1) is 0 Å². The molecule has 19 heavy (non-hydrogen) atoms. The molecule has 0 N–H and O–H groups in total. The summed E-state index contributed by atoms with van der Waals surface area (Å²) >= 11 is 0. The topological polar surface area (TPSA) is 44.8 Å². The van der Waals surface area contributed by atoms with Crippen LogP contribution < -0.4 is 9.47 Å². The Kier molecular flexibility index (Phi) is 4.63. The maximum atomic E-state index is 12.5. The van der Waals surface area contributed by atoms with E-state index in [-0.39, 0.29) is 17.1 Å².